The second-order valence-electron chi connectivity index (χ2n) is 5.36. The molecule has 0 aromatic carbocycles. The van der Waals surface area contributed by atoms with Crippen LogP contribution in [0.1, 0.15) is 29.1 Å². The fourth-order valence-corrected chi connectivity index (χ4v) is 3.35. The second-order valence-corrected chi connectivity index (χ2v) is 6.56. The molecule has 2 rings (SSSR count). The van der Waals surface area contributed by atoms with Gasteiger partial charge in [-0.05, 0) is 32.8 Å². The van der Waals surface area contributed by atoms with Crippen molar-refractivity contribution in [2.45, 2.75) is 40.2 Å². The predicted molar refractivity (Wildman–Crippen MR) is 88.0 cm³/mol. The number of thiophene rings is 1. The van der Waals surface area contributed by atoms with Crippen molar-refractivity contribution in [2.75, 3.05) is 6.54 Å². The van der Waals surface area contributed by atoms with Crippen molar-refractivity contribution in [3.05, 3.63) is 26.6 Å². The zero-order chi connectivity index (χ0) is 17.1. The fourth-order valence-electron chi connectivity index (χ4n) is 2.28. The first-order valence-electron chi connectivity index (χ1n) is 7.27. The van der Waals surface area contributed by atoms with Gasteiger partial charge in [0.25, 0.3) is 5.56 Å². The molecule has 0 radical (unpaired) electrons. The number of fused-ring (bicyclic) bond motifs is 1. The summed E-state index contributed by atoms with van der Waals surface area (Å²) in [5.74, 6) is -0.736. The van der Waals surface area contributed by atoms with Gasteiger partial charge in [-0.25, -0.2) is 4.98 Å². The Morgan fingerprint density at radius 3 is 2.65 bits per heavy atom. The average Bonchev–Trinajstić information content (AvgIpc) is 2.74. The Morgan fingerprint density at radius 2 is 2.00 bits per heavy atom. The minimum atomic E-state index is -0.899. The Balaban J connectivity index is 2.17. The Morgan fingerprint density at radius 1 is 1.30 bits per heavy atom. The van der Waals surface area contributed by atoms with Crippen LogP contribution < -0.4 is 10.9 Å². The zero-order valence-corrected chi connectivity index (χ0v) is 14.1. The molecule has 124 valence electrons. The number of rotatable bonds is 6. The quantitative estimate of drug-likeness (QED) is 0.775. The third-order valence-corrected chi connectivity index (χ3v) is 4.77. The van der Waals surface area contributed by atoms with E-state index in [-0.39, 0.29) is 31.0 Å². The highest BCUT2D eigenvalue weighted by Crippen LogP contribution is 2.26. The summed E-state index contributed by atoms with van der Waals surface area (Å²) in [7, 11) is 0. The minimum absolute atomic E-state index is 0.000145. The fraction of sp³-hybridized carbons (Fsp3) is 0.467. The van der Waals surface area contributed by atoms with Gasteiger partial charge in [0.2, 0.25) is 5.91 Å². The maximum Gasteiger partial charge on any atom is 0.303 e. The van der Waals surface area contributed by atoms with E-state index in [9.17, 15) is 14.4 Å². The van der Waals surface area contributed by atoms with E-state index in [4.69, 9.17) is 5.11 Å². The van der Waals surface area contributed by atoms with Crippen LogP contribution in [0.25, 0.3) is 10.2 Å². The first kappa shape index (κ1) is 17.1. The second kappa shape index (κ2) is 6.91. The first-order valence-corrected chi connectivity index (χ1v) is 8.08. The van der Waals surface area contributed by atoms with E-state index < -0.39 is 5.97 Å². The van der Waals surface area contributed by atoms with Gasteiger partial charge in [0.1, 0.15) is 17.2 Å². The van der Waals surface area contributed by atoms with Crippen molar-refractivity contribution >= 4 is 33.4 Å². The summed E-state index contributed by atoms with van der Waals surface area (Å²) in [5.41, 5.74) is 0.688. The number of nitrogens with zero attached hydrogens (tertiary/aromatic N) is 2. The lowest BCUT2D eigenvalue weighted by Crippen LogP contribution is -2.34. The Kier molecular flexibility index (Phi) is 5.15. The molecule has 2 N–H and O–H groups in total. The summed E-state index contributed by atoms with van der Waals surface area (Å²) in [6.07, 6.45) is 0.356. The van der Waals surface area contributed by atoms with Gasteiger partial charge in [-0.15, -0.1) is 11.3 Å². The largest absolute Gasteiger partial charge is 0.481 e. The molecule has 0 saturated carbocycles. The van der Waals surface area contributed by atoms with Crippen LogP contribution in [0, 0.1) is 20.8 Å². The van der Waals surface area contributed by atoms with Crippen molar-refractivity contribution in [1.82, 2.24) is 14.9 Å². The Labute approximate surface area is 137 Å². The van der Waals surface area contributed by atoms with E-state index in [1.54, 1.807) is 6.92 Å². The minimum Gasteiger partial charge on any atom is -0.481 e. The highest BCUT2D eigenvalue weighted by atomic mass is 32.1. The standard InChI is InChI=1S/C15H19N3O4S/c1-8-9(2)23-14-13(8)15(22)18(10(3)17-14)7-11(19)16-6-4-5-12(20)21/h4-7H2,1-3H3,(H,16,19)(H,20,21). The van der Waals surface area contributed by atoms with Gasteiger partial charge in [-0.3, -0.25) is 19.0 Å². The summed E-state index contributed by atoms with van der Waals surface area (Å²) < 4.78 is 1.36. The zero-order valence-electron chi connectivity index (χ0n) is 13.3. The molecule has 1 amide bonds. The molecular weight excluding hydrogens is 318 g/mol. The summed E-state index contributed by atoms with van der Waals surface area (Å²) in [6, 6.07) is 0. The lowest BCUT2D eigenvalue weighted by Gasteiger charge is -2.10. The molecule has 7 nitrogen and oxygen atoms in total. The molecule has 0 spiro atoms. The number of carboxylic acid groups (broad SMARTS) is 1. The van der Waals surface area contributed by atoms with Crippen LogP contribution in [-0.4, -0.2) is 33.1 Å². The van der Waals surface area contributed by atoms with Crippen LogP contribution in [0.4, 0.5) is 0 Å². The van der Waals surface area contributed by atoms with Crippen LogP contribution in [-0.2, 0) is 16.1 Å². The number of carboxylic acids is 1. The van der Waals surface area contributed by atoms with E-state index in [0.717, 1.165) is 10.4 Å². The van der Waals surface area contributed by atoms with Gasteiger partial charge in [0.05, 0.1) is 5.39 Å². The number of carbonyl (C=O) groups excluding carboxylic acids is 1. The van der Waals surface area contributed by atoms with Crippen molar-refractivity contribution < 1.29 is 14.7 Å². The molecule has 0 aliphatic heterocycles. The number of hydrogen-bond donors (Lipinski definition) is 2. The van der Waals surface area contributed by atoms with Gasteiger partial charge in [-0.1, -0.05) is 0 Å². The van der Waals surface area contributed by atoms with Crippen LogP contribution in [0.2, 0.25) is 0 Å². The van der Waals surface area contributed by atoms with Crippen molar-refractivity contribution in [3.8, 4) is 0 Å². The van der Waals surface area contributed by atoms with Crippen molar-refractivity contribution in [1.29, 1.82) is 0 Å². The first-order chi connectivity index (χ1) is 10.8. The maximum atomic E-state index is 12.6. The van der Waals surface area contributed by atoms with E-state index in [1.807, 2.05) is 13.8 Å². The van der Waals surface area contributed by atoms with E-state index in [0.29, 0.717) is 22.5 Å². The third-order valence-electron chi connectivity index (χ3n) is 3.67. The molecule has 2 aromatic heterocycles. The predicted octanol–water partition coefficient (Wildman–Crippen LogP) is 1.36. The molecular formula is C15H19N3O4S. The Bertz CT molecular complexity index is 822. The van der Waals surface area contributed by atoms with Gasteiger partial charge in [-0.2, -0.15) is 0 Å². The monoisotopic (exact) mass is 337 g/mol. The molecule has 8 heteroatoms. The highest BCUT2D eigenvalue weighted by Gasteiger charge is 2.16. The number of aliphatic carboxylic acids is 1. The number of hydrogen-bond acceptors (Lipinski definition) is 5. The maximum absolute atomic E-state index is 12.6. The average molecular weight is 337 g/mol. The molecule has 0 saturated heterocycles. The SMILES string of the molecule is Cc1sc2nc(C)n(CC(=O)NCCCC(=O)O)c(=O)c2c1C. The smallest absolute Gasteiger partial charge is 0.303 e. The summed E-state index contributed by atoms with van der Waals surface area (Å²) >= 11 is 1.47. The van der Waals surface area contributed by atoms with E-state index in [1.165, 1.54) is 15.9 Å². The van der Waals surface area contributed by atoms with Gasteiger partial charge in [0, 0.05) is 17.8 Å². The lowest BCUT2D eigenvalue weighted by atomic mass is 10.2. The highest BCUT2D eigenvalue weighted by molar-refractivity contribution is 7.18. The number of aryl methyl sites for hydroxylation is 3. The summed E-state index contributed by atoms with van der Waals surface area (Å²) in [6.45, 7) is 5.67. The van der Waals surface area contributed by atoms with Crippen LogP contribution in [0.5, 0.6) is 0 Å². The number of amides is 1. The number of nitrogens with one attached hydrogen (secondary N) is 1. The van der Waals surface area contributed by atoms with Gasteiger partial charge < -0.3 is 10.4 Å². The molecule has 0 aliphatic rings. The number of carbonyl (C=O) groups is 2. The molecule has 0 atom stereocenters. The number of aromatic nitrogens is 2. The summed E-state index contributed by atoms with van der Waals surface area (Å²) in [5, 5.41) is 11.7. The third kappa shape index (κ3) is 3.76. The van der Waals surface area contributed by atoms with Crippen molar-refractivity contribution in [3.63, 3.8) is 0 Å². The molecule has 0 aliphatic carbocycles. The summed E-state index contributed by atoms with van der Waals surface area (Å²) in [4.78, 5) is 41.1. The molecule has 0 fully saturated rings. The van der Waals surface area contributed by atoms with Crippen molar-refractivity contribution in [2.24, 2.45) is 0 Å². The normalized spacial score (nSPS) is 10.9. The van der Waals surface area contributed by atoms with Crippen LogP contribution in [0.3, 0.4) is 0 Å². The molecule has 2 aromatic rings. The molecule has 0 unspecified atom stereocenters. The van der Waals surface area contributed by atoms with Gasteiger partial charge >= 0.3 is 5.97 Å². The topological polar surface area (TPSA) is 101 Å². The van der Waals surface area contributed by atoms with Crippen LogP contribution in [0.15, 0.2) is 4.79 Å². The molecule has 2 heterocycles. The van der Waals surface area contributed by atoms with E-state index in [2.05, 4.69) is 10.3 Å². The molecule has 23 heavy (non-hydrogen) atoms. The lowest BCUT2D eigenvalue weighted by molar-refractivity contribution is -0.137. The van der Waals surface area contributed by atoms with Gasteiger partial charge in [0.15, 0.2) is 0 Å². The van der Waals surface area contributed by atoms with E-state index >= 15 is 0 Å². The molecule has 0 bridgehead atoms. The Hall–Kier alpha value is -2.22. The van der Waals surface area contributed by atoms with Crippen LogP contribution >= 0.6 is 11.3 Å².